The van der Waals surface area contributed by atoms with Crippen LogP contribution >= 0.6 is 0 Å². The summed E-state index contributed by atoms with van der Waals surface area (Å²) >= 11 is 0. The second-order valence-corrected chi connectivity index (χ2v) is 8.52. The molecule has 2 fully saturated rings. The lowest BCUT2D eigenvalue weighted by Crippen LogP contribution is -2.43. The van der Waals surface area contributed by atoms with Crippen LogP contribution < -0.4 is 15.5 Å². The van der Waals surface area contributed by atoms with E-state index < -0.39 is 0 Å². The molecule has 0 bridgehead atoms. The number of hydrogen-bond donors (Lipinski definition) is 2. The largest absolute Gasteiger partial charge is 0.368 e. The van der Waals surface area contributed by atoms with Gasteiger partial charge in [-0.25, -0.2) is 19.9 Å². The first kappa shape index (κ1) is 17.8. The van der Waals surface area contributed by atoms with Gasteiger partial charge < -0.3 is 20.1 Å². The van der Waals surface area contributed by atoms with Gasteiger partial charge in [0.2, 0.25) is 5.95 Å². The number of fused-ring (bicyclic) bond motifs is 3. The van der Waals surface area contributed by atoms with Crippen molar-refractivity contribution >= 4 is 17.5 Å². The molecular weight excluding hydrogens is 376 g/mol. The zero-order valence-corrected chi connectivity index (χ0v) is 17.2. The van der Waals surface area contributed by atoms with Gasteiger partial charge in [0.1, 0.15) is 11.6 Å². The van der Waals surface area contributed by atoms with E-state index in [1.807, 2.05) is 18.5 Å². The summed E-state index contributed by atoms with van der Waals surface area (Å²) in [6.45, 7) is 7.21. The molecule has 1 saturated heterocycles. The SMILES string of the molecule is Cc1nc2c(n1CC1CC1)-c1nc(Nc3ccc(N4CCNCC4)cn3)ncc1C2. The quantitative estimate of drug-likeness (QED) is 0.531. The molecule has 3 aliphatic rings. The lowest BCUT2D eigenvalue weighted by molar-refractivity contribution is 0.589. The Balaban J connectivity index is 1.24. The van der Waals surface area contributed by atoms with E-state index in [-0.39, 0.29) is 0 Å². The zero-order valence-electron chi connectivity index (χ0n) is 17.2. The molecule has 0 spiro atoms. The molecule has 8 nitrogen and oxygen atoms in total. The van der Waals surface area contributed by atoms with Crippen LogP contribution in [-0.4, -0.2) is 50.7 Å². The summed E-state index contributed by atoms with van der Waals surface area (Å²) in [6.07, 6.45) is 7.32. The van der Waals surface area contributed by atoms with Crippen LogP contribution in [0.3, 0.4) is 0 Å². The molecule has 4 heterocycles. The Morgan fingerprint density at radius 1 is 1.10 bits per heavy atom. The molecule has 2 aliphatic carbocycles. The second kappa shape index (κ2) is 7.05. The highest BCUT2D eigenvalue weighted by atomic mass is 15.2. The zero-order chi connectivity index (χ0) is 20.1. The molecule has 30 heavy (non-hydrogen) atoms. The second-order valence-electron chi connectivity index (χ2n) is 8.52. The fraction of sp³-hybridized carbons (Fsp3) is 0.455. The average Bonchev–Trinajstić information content (AvgIpc) is 3.46. The number of aryl methyl sites for hydroxylation is 1. The molecule has 3 aromatic rings. The number of pyridine rings is 1. The Hall–Kier alpha value is -3.00. The van der Waals surface area contributed by atoms with Crippen molar-refractivity contribution in [3.63, 3.8) is 0 Å². The maximum absolute atomic E-state index is 4.86. The highest BCUT2D eigenvalue weighted by Crippen LogP contribution is 2.39. The van der Waals surface area contributed by atoms with Gasteiger partial charge in [-0.05, 0) is 37.8 Å². The Labute approximate surface area is 175 Å². The molecule has 0 atom stereocenters. The van der Waals surface area contributed by atoms with Crippen molar-refractivity contribution in [3.8, 4) is 11.4 Å². The predicted molar refractivity (Wildman–Crippen MR) is 116 cm³/mol. The third-order valence-corrected chi connectivity index (χ3v) is 6.28. The summed E-state index contributed by atoms with van der Waals surface area (Å²) in [6, 6.07) is 4.11. The Bertz CT molecular complexity index is 1080. The lowest BCUT2D eigenvalue weighted by Gasteiger charge is -2.29. The fourth-order valence-corrected chi connectivity index (χ4v) is 4.46. The molecule has 0 amide bonds. The summed E-state index contributed by atoms with van der Waals surface area (Å²) in [7, 11) is 0. The van der Waals surface area contributed by atoms with Gasteiger partial charge in [0.15, 0.2) is 0 Å². The molecule has 1 saturated carbocycles. The van der Waals surface area contributed by atoms with Crippen molar-refractivity contribution in [1.82, 2.24) is 29.8 Å². The fourth-order valence-electron chi connectivity index (χ4n) is 4.46. The minimum absolute atomic E-state index is 0.584. The normalized spacial score (nSPS) is 17.7. The van der Waals surface area contributed by atoms with E-state index >= 15 is 0 Å². The van der Waals surface area contributed by atoms with Crippen molar-refractivity contribution < 1.29 is 0 Å². The molecule has 0 radical (unpaired) electrons. The maximum Gasteiger partial charge on any atom is 0.228 e. The van der Waals surface area contributed by atoms with Crippen LogP contribution in [0, 0.1) is 12.8 Å². The first-order chi connectivity index (χ1) is 14.7. The van der Waals surface area contributed by atoms with E-state index in [9.17, 15) is 0 Å². The van der Waals surface area contributed by atoms with Crippen LogP contribution in [-0.2, 0) is 13.0 Å². The molecule has 6 rings (SSSR count). The van der Waals surface area contributed by atoms with Gasteiger partial charge in [0.25, 0.3) is 0 Å². The van der Waals surface area contributed by atoms with Crippen LogP contribution in [0.1, 0.15) is 29.9 Å². The third-order valence-electron chi connectivity index (χ3n) is 6.28. The van der Waals surface area contributed by atoms with E-state index in [1.54, 1.807) is 0 Å². The number of nitrogens with zero attached hydrogens (tertiary/aromatic N) is 6. The smallest absolute Gasteiger partial charge is 0.228 e. The highest BCUT2D eigenvalue weighted by Gasteiger charge is 2.31. The number of anilines is 3. The number of nitrogens with one attached hydrogen (secondary N) is 2. The molecule has 1 aliphatic heterocycles. The Morgan fingerprint density at radius 3 is 2.73 bits per heavy atom. The average molecular weight is 403 g/mol. The molecule has 2 N–H and O–H groups in total. The predicted octanol–water partition coefficient (Wildman–Crippen LogP) is 2.51. The Kier molecular flexibility index (Phi) is 4.19. The molecular formula is C22H26N8. The van der Waals surface area contributed by atoms with E-state index in [0.717, 1.165) is 79.3 Å². The number of aromatic nitrogens is 5. The molecule has 0 unspecified atom stereocenters. The topological polar surface area (TPSA) is 83.8 Å². The van der Waals surface area contributed by atoms with Crippen LogP contribution in [0.25, 0.3) is 11.4 Å². The molecule has 0 aromatic carbocycles. The minimum atomic E-state index is 0.584. The van der Waals surface area contributed by atoms with Crippen LogP contribution in [0.2, 0.25) is 0 Å². The van der Waals surface area contributed by atoms with Crippen LogP contribution in [0.4, 0.5) is 17.5 Å². The van der Waals surface area contributed by atoms with Gasteiger partial charge in [-0.1, -0.05) is 0 Å². The molecule has 3 aromatic heterocycles. The lowest BCUT2D eigenvalue weighted by atomic mass is 10.2. The van der Waals surface area contributed by atoms with Gasteiger partial charge in [-0.3, -0.25) is 0 Å². The van der Waals surface area contributed by atoms with Gasteiger partial charge in [-0.2, -0.15) is 0 Å². The summed E-state index contributed by atoms with van der Waals surface area (Å²) in [4.78, 5) is 21.1. The molecule has 154 valence electrons. The first-order valence-corrected chi connectivity index (χ1v) is 10.9. The van der Waals surface area contributed by atoms with Gasteiger partial charge in [-0.15, -0.1) is 0 Å². The van der Waals surface area contributed by atoms with Crippen LogP contribution in [0.5, 0.6) is 0 Å². The summed E-state index contributed by atoms with van der Waals surface area (Å²) in [5.41, 5.74) is 5.64. The number of hydrogen-bond acceptors (Lipinski definition) is 7. The van der Waals surface area contributed by atoms with Crippen molar-refractivity contribution in [3.05, 3.63) is 41.6 Å². The maximum atomic E-state index is 4.86. The number of rotatable bonds is 5. The monoisotopic (exact) mass is 402 g/mol. The molecule has 8 heteroatoms. The van der Waals surface area contributed by atoms with Crippen molar-refractivity contribution in [1.29, 1.82) is 0 Å². The van der Waals surface area contributed by atoms with Gasteiger partial charge in [0, 0.05) is 50.9 Å². The van der Waals surface area contributed by atoms with E-state index in [1.165, 1.54) is 18.5 Å². The van der Waals surface area contributed by atoms with Crippen molar-refractivity contribution in [2.24, 2.45) is 5.92 Å². The Morgan fingerprint density at radius 2 is 1.97 bits per heavy atom. The van der Waals surface area contributed by atoms with E-state index in [4.69, 9.17) is 9.97 Å². The first-order valence-electron chi connectivity index (χ1n) is 10.9. The van der Waals surface area contributed by atoms with E-state index in [2.05, 4.69) is 43.1 Å². The van der Waals surface area contributed by atoms with Crippen molar-refractivity contribution in [2.45, 2.75) is 32.7 Å². The van der Waals surface area contributed by atoms with Crippen LogP contribution in [0.15, 0.2) is 24.5 Å². The minimum Gasteiger partial charge on any atom is -0.368 e. The van der Waals surface area contributed by atoms with Crippen molar-refractivity contribution in [2.75, 3.05) is 36.4 Å². The standard InChI is InChI=1S/C22H26N8/c1-14-26-18-10-16-11-25-22(28-20(16)21(18)30(14)13-15-2-3-15)27-19-5-4-17(12-24-19)29-8-6-23-7-9-29/h4-5,11-12,15,23H,2-3,6-10,13H2,1H3,(H,24,25,27,28). The van der Waals surface area contributed by atoms with Gasteiger partial charge >= 0.3 is 0 Å². The third kappa shape index (κ3) is 3.21. The summed E-state index contributed by atoms with van der Waals surface area (Å²) in [5.74, 6) is 3.23. The number of piperazine rings is 1. The summed E-state index contributed by atoms with van der Waals surface area (Å²) < 4.78 is 2.36. The highest BCUT2D eigenvalue weighted by molar-refractivity contribution is 5.70. The number of imidazole rings is 1. The van der Waals surface area contributed by atoms with Gasteiger partial charge in [0.05, 0.1) is 29.0 Å². The van der Waals surface area contributed by atoms with E-state index in [0.29, 0.717) is 5.95 Å². The summed E-state index contributed by atoms with van der Waals surface area (Å²) in [5, 5.41) is 6.66.